The zero-order valence-corrected chi connectivity index (χ0v) is 34.1. The molecule has 9 aromatic carbocycles. The van der Waals surface area contributed by atoms with Crippen LogP contribution in [-0.2, 0) is 22.7 Å². The summed E-state index contributed by atoms with van der Waals surface area (Å²) < 4.78 is 0. The third kappa shape index (κ3) is 5.06. The predicted octanol–water partition coefficient (Wildman–Crippen LogP) is 15.4. The predicted molar refractivity (Wildman–Crippen MR) is 244 cm³/mol. The summed E-state index contributed by atoms with van der Waals surface area (Å²) in [7, 11) is 0. The monoisotopic (exact) mass is 732 g/mol. The van der Waals surface area contributed by atoms with E-state index in [1.165, 1.54) is 116 Å². The molecule has 0 heteroatoms. The molecule has 0 fully saturated rings. The van der Waals surface area contributed by atoms with Crippen LogP contribution < -0.4 is 0 Å². The van der Waals surface area contributed by atoms with Gasteiger partial charge in [-0.25, -0.2) is 0 Å². The zero-order chi connectivity index (χ0) is 39.0. The summed E-state index contributed by atoms with van der Waals surface area (Å²) in [5.74, 6) is 0. The first-order chi connectivity index (χ1) is 27.4. The Kier molecular flexibility index (Phi) is 7.08. The van der Waals surface area contributed by atoms with Gasteiger partial charge in [0.15, 0.2) is 0 Å². The molecule has 9 aromatic rings. The Morgan fingerprint density at radius 3 is 1.56 bits per heavy atom. The largest absolute Gasteiger partial charge is 0.0620 e. The fourth-order valence-corrected chi connectivity index (χ4v) is 10.6. The molecular weight excluding hydrogens is 685 g/mol. The lowest BCUT2D eigenvalue weighted by molar-refractivity contribution is 0.591. The van der Waals surface area contributed by atoms with E-state index in [0.29, 0.717) is 0 Å². The number of hydrogen-bond acceptors (Lipinski definition) is 0. The van der Waals surface area contributed by atoms with Crippen molar-refractivity contribution in [3.05, 3.63) is 191 Å². The van der Waals surface area contributed by atoms with Crippen LogP contribution in [-0.4, -0.2) is 0 Å². The lowest BCUT2D eigenvalue weighted by atomic mass is 9.68. The van der Waals surface area contributed by atoms with Gasteiger partial charge in [-0.3, -0.25) is 0 Å². The molecule has 0 N–H and O–H groups in total. The van der Waals surface area contributed by atoms with Crippen LogP contribution >= 0.6 is 0 Å². The molecule has 0 aliphatic heterocycles. The molecule has 0 atom stereocenters. The van der Waals surface area contributed by atoms with E-state index in [9.17, 15) is 0 Å². The van der Waals surface area contributed by atoms with Crippen LogP contribution in [0.3, 0.4) is 0 Å². The molecule has 0 saturated heterocycles. The summed E-state index contributed by atoms with van der Waals surface area (Å²) in [4.78, 5) is 0. The molecule has 0 unspecified atom stereocenters. The third-order valence-corrected chi connectivity index (χ3v) is 13.9. The third-order valence-electron chi connectivity index (χ3n) is 13.9. The van der Waals surface area contributed by atoms with Crippen molar-refractivity contribution in [2.24, 2.45) is 0 Å². The second kappa shape index (κ2) is 11.8. The lowest BCUT2D eigenvalue weighted by Gasteiger charge is -2.35. The van der Waals surface area contributed by atoms with E-state index in [0.717, 1.165) is 6.42 Å². The van der Waals surface area contributed by atoms with E-state index in [-0.39, 0.29) is 16.2 Å². The van der Waals surface area contributed by atoms with Gasteiger partial charge in [0.25, 0.3) is 0 Å². The van der Waals surface area contributed by atoms with E-state index in [2.05, 4.69) is 200 Å². The molecule has 0 nitrogen and oxygen atoms in total. The van der Waals surface area contributed by atoms with E-state index in [4.69, 9.17) is 0 Å². The SMILES string of the molecule is CC(C)(C)c1cc2ccc3ccc(-c4ccc(-c5ccc6c(c5)C(C)(C)c5cc(-c7ccc8c(c7)C(C)(C)c7ccccc7C8)ccc5-6)cc4)c4ccc(c1)c2c34. The Balaban J connectivity index is 0.919. The van der Waals surface area contributed by atoms with Gasteiger partial charge in [-0.2, -0.15) is 0 Å². The molecular formula is C57H48. The minimum atomic E-state index is -0.113. The molecule has 0 saturated carbocycles. The summed E-state index contributed by atoms with van der Waals surface area (Å²) in [5, 5.41) is 8.03. The highest BCUT2D eigenvalue weighted by atomic mass is 14.4. The van der Waals surface area contributed by atoms with Crippen LogP contribution in [0.2, 0.25) is 0 Å². The van der Waals surface area contributed by atoms with Crippen LogP contribution in [0.25, 0.3) is 76.8 Å². The number of benzene rings is 9. The van der Waals surface area contributed by atoms with E-state index in [1.807, 2.05) is 0 Å². The molecule has 11 rings (SSSR count). The van der Waals surface area contributed by atoms with Gasteiger partial charge in [-0.15, -0.1) is 0 Å². The molecule has 0 radical (unpaired) electrons. The van der Waals surface area contributed by atoms with Gasteiger partial charge < -0.3 is 0 Å². The topological polar surface area (TPSA) is 0 Å². The fraction of sp³-hybridized carbons (Fsp3) is 0.193. The van der Waals surface area contributed by atoms with Gasteiger partial charge in [0.1, 0.15) is 0 Å². The Morgan fingerprint density at radius 1 is 0.386 bits per heavy atom. The second-order valence-electron chi connectivity index (χ2n) is 19.0. The zero-order valence-electron chi connectivity index (χ0n) is 34.1. The second-order valence-corrected chi connectivity index (χ2v) is 19.0. The number of hydrogen-bond donors (Lipinski definition) is 0. The molecule has 57 heavy (non-hydrogen) atoms. The van der Waals surface area contributed by atoms with Gasteiger partial charge in [-0.05, 0) is 146 Å². The molecule has 0 bridgehead atoms. The molecule has 276 valence electrons. The highest BCUT2D eigenvalue weighted by Gasteiger charge is 2.37. The van der Waals surface area contributed by atoms with E-state index < -0.39 is 0 Å². The standard InChI is InChI=1S/C57H48/c1-55(2,3)44-29-42-19-16-36-20-24-45(48-27-23-43(30-44)53(42)54(36)48)35-14-12-34(13-15-35)37-21-25-46-47-26-22-39(33-52(47)57(6,7)51(46)32-37)38-17-18-41-28-40-10-8-9-11-49(40)56(4,5)50(41)31-38/h8-27,29-33H,28H2,1-7H3. The van der Waals surface area contributed by atoms with Crippen molar-refractivity contribution < 1.29 is 0 Å². The Hall–Kier alpha value is -5.98. The number of rotatable bonds is 3. The maximum Gasteiger partial charge on any atom is 0.0159 e. The number of fused-ring (bicyclic) bond motifs is 5. The van der Waals surface area contributed by atoms with Crippen LogP contribution in [0.15, 0.2) is 152 Å². The van der Waals surface area contributed by atoms with Crippen LogP contribution in [0, 0.1) is 0 Å². The molecule has 0 aromatic heterocycles. The van der Waals surface area contributed by atoms with E-state index >= 15 is 0 Å². The summed E-state index contributed by atoms with van der Waals surface area (Å²) in [6, 6.07) is 58.4. The minimum absolute atomic E-state index is 0.0281. The van der Waals surface area contributed by atoms with Crippen molar-refractivity contribution in [2.75, 3.05) is 0 Å². The first kappa shape index (κ1) is 34.3. The smallest absolute Gasteiger partial charge is 0.0159 e. The van der Waals surface area contributed by atoms with Crippen LogP contribution in [0.1, 0.15) is 87.4 Å². The van der Waals surface area contributed by atoms with Gasteiger partial charge in [0.2, 0.25) is 0 Å². The maximum atomic E-state index is 2.47. The maximum absolute atomic E-state index is 2.47. The Morgan fingerprint density at radius 2 is 0.877 bits per heavy atom. The summed E-state index contributed by atoms with van der Waals surface area (Å²) in [6.07, 6.45) is 1.01. The summed E-state index contributed by atoms with van der Waals surface area (Å²) >= 11 is 0. The first-order valence-corrected chi connectivity index (χ1v) is 20.7. The quantitative estimate of drug-likeness (QED) is 0.159. The Bertz CT molecular complexity index is 3090. The van der Waals surface area contributed by atoms with Crippen molar-refractivity contribution in [3.8, 4) is 44.5 Å². The van der Waals surface area contributed by atoms with Crippen molar-refractivity contribution in [3.63, 3.8) is 0 Å². The molecule has 0 spiro atoms. The van der Waals surface area contributed by atoms with Gasteiger partial charge in [0, 0.05) is 10.8 Å². The van der Waals surface area contributed by atoms with Crippen LogP contribution in [0.4, 0.5) is 0 Å². The highest BCUT2D eigenvalue weighted by molar-refractivity contribution is 6.25. The molecule has 0 amide bonds. The van der Waals surface area contributed by atoms with Crippen molar-refractivity contribution in [2.45, 2.75) is 71.1 Å². The first-order valence-electron chi connectivity index (χ1n) is 20.7. The molecule has 2 aliphatic carbocycles. The van der Waals surface area contributed by atoms with Gasteiger partial charge in [0.05, 0.1) is 0 Å². The highest BCUT2D eigenvalue weighted by Crippen LogP contribution is 2.51. The summed E-state index contributed by atoms with van der Waals surface area (Å²) in [5.41, 5.74) is 20.3. The Labute approximate surface area is 337 Å². The minimum Gasteiger partial charge on any atom is -0.0620 e. The average Bonchev–Trinajstić information content (AvgIpc) is 3.44. The lowest BCUT2D eigenvalue weighted by Crippen LogP contribution is -2.27. The van der Waals surface area contributed by atoms with Crippen molar-refractivity contribution >= 4 is 32.3 Å². The summed E-state index contributed by atoms with van der Waals surface area (Å²) in [6.45, 7) is 16.5. The van der Waals surface area contributed by atoms with Crippen molar-refractivity contribution in [1.29, 1.82) is 0 Å². The van der Waals surface area contributed by atoms with Crippen LogP contribution in [0.5, 0.6) is 0 Å². The average molecular weight is 733 g/mol. The molecule has 0 heterocycles. The normalized spacial score (nSPS) is 15.1. The fourth-order valence-electron chi connectivity index (χ4n) is 10.6. The van der Waals surface area contributed by atoms with Crippen molar-refractivity contribution in [1.82, 2.24) is 0 Å². The van der Waals surface area contributed by atoms with E-state index in [1.54, 1.807) is 0 Å². The molecule has 2 aliphatic rings. The van der Waals surface area contributed by atoms with Gasteiger partial charge >= 0.3 is 0 Å². The van der Waals surface area contributed by atoms with Gasteiger partial charge in [-0.1, -0.05) is 182 Å².